The van der Waals surface area contributed by atoms with E-state index in [1.54, 1.807) is 48.5 Å². The number of aryl methyl sites for hydroxylation is 1. The maximum absolute atomic E-state index is 13.2. The van der Waals surface area contributed by atoms with Crippen molar-refractivity contribution in [1.82, 2.24) is 5.32 Å². The Morgan fingerprint density at radius 3 is 2.47 bits per heavy atom. The molecule has 0 fully saturated rings. The fourth-order valence-electron chi connectivity index (χ4n) is 4.49. The number of hydrogen-bond acceptors (Lipinski definition) is 4. The first kappa shape index (κ1) is 23.2. The third kappa shape index (κ3) is 4.84. The van der Waals surface area contributed by atoms with E-state index in [1.807, 2.05) is 24.3 Å². The van der Waals surface area contributed by atoms with Crippen LogP contribution in [0, 0.1) is 0 Å². The molecule has 4 rings (SSSR count). The van der Waals surface area contributed by atoms with E-state index in [4.69, 9.17) is 5.73 Å². The predicted octanol–water partition coefficient (Wildman–Crippen LogP) is 3.47. The standard InChI is InChI=1S/C27H27N3O4/c1-27(13-12-19-15-20(25(28)33)10-11-23(19)27)29-16-18-6-5-7-21(14-18)26(34)30(17-24(31)32)22-8-3-2-4-9-22/h2-11,14-15,29H,12-13,16-17H2,1H3,(H2,28,33)(H,31,32). The Morgan fingerprint density at radius 2 is 1.76 bits per heavy atom. The summed E-state index contributed by atoms with van der Waals surface area (Å²) < 4.78 is 0. The second kappa shape index (κ2) is 9.49. The molecule has 0 saturated heterocycles. The van der Waals surface area contributed by atoms with E-state index in [-0.39, 0.29) is 11.4 Å². The molecular weight excluding hydrogens is 430 g/mol. The van der Waals surface area contributed by atoms with Gasteiger partial charge in [0.25, 0.3) is 5.91 Å². The third-order valence-corrected chi connectivity index (χ3v) is 6.34. The van der Waals surface area contributed by atoms with E-state index in [0.717, 1.165) is 29.5 Å². The van der Waals surface area contributed by atoms with Gasteiger partial charge in [-0.25, -0.2) is 0 Å². The normalized spacial score (nSPS) is 16.6. The number of carbonyl (C=O) groups excluding carboxylic acids is 2. The molecule has 1 unspecified atom stereocenters. The zero-order valence-electron chi connectivity index (χ0n) is 19.0. The van der Waals surface area contributed by atoms with Crippen LogP contribution in [-0.2, 0) is 23.3 Å². The average molecular weight is 458 g/mol. The maximum Gasteiger partial charge on any atom is 0.323 e. The predicted molar refractivity (Wildman–Crippen MR) is 130 cm³/mol. The van der Waals surface area contributed by atoms with Crippen LogP contribution < -0.4 is 16.0 Å². The largest absolute Gasteiger partial charge is 0.480 e. The summed E-state index contributed by atoms with van der Waals surface area (Å²) in [6.45, 7) is 2.23. The molecular formula is C27H27N3O4. The van der Waals surface area contributed by atoms with Gasteiger partial charge in [-0.05, 0) is 72.9 Å². The molecule has 2 amide bonds. The van der Waals surface area contributed by atoms with Crippen molar-refractivity contribution in [3.05, 3.63) is 101 Å². The molecule has 7 nitrogen and oxygen atoms in total. The quantitative estimate of drug-likeness (QED) is 0.479. The van der Waals surface area contributed by atoms with E-state index < -0.39 is 18.4 Å². The van der Waals surface area contributed by atoms with Crippen LogP contribution in [0.5, 0.6) is 0 Å². The number of amides is 2. The average Bonchev–Trinajstić information content (AvgIpc) is 3.17. The van der Waals surface area contributed by atoms with Crippen LogP contribution >= 0.6 is 0 Å². The summed E-state index contributed by atoms with van der Waals surface area (Å²) in [7, 11) is 0. The summed E-state index contributed by atoms with van der Waals surface area (Å²) in [6, 6.07) is 21.6. The molecule has 174 valence electrons. The van der Waals surface area contributed by atoms with Gasteiger partial charge in [0.15, 0.2) is 0 Å². The number of hydrogen-bond donors (Lipinski definition) is 3. The van der Waals surface area contributed by atoms with E-state index >= 15 is 0 Å². The molecule has 0 aliphatic heterocycles. The van der Waals surface area contributed by atoms with Crippen LogP contribution in [0.3, 0.4) is 0 Å². The van der Waals surface area contributed by atoms with E-state index in [0.29, 0.717) is 23.4 Å². The Bertz CT molecular complexity index is 1240. The van der Waals surface area contributed by atoms with Gasteiger partial charge < -0.3 is 16.2 Å². The van der Waals surface area contributed by atoms with E-state index in [2.05, 4.69) is 12.2 Å². The van der Waals surface area contributed by atoms with Crippen molar-refractivity contribution in [3.63, 3.8) is 0 Å². The summed E-state index contributed by atoms with van der Waals surface area (Å²) in [4.78, 5) is 37.4. The SMILES string of the molecule is CC1(NCc2cccc(C(=O)N(CC(=O)O)c3ccccc3)c2)CCc2cc(C(N)=O)ccc21. The monoisotopic (exact) mass is 457 g/mol. The number of nitrogens with one attached hydrogen (secondary N) is 1. The number of aliphatic carboxylic acids is 1. The zero-order valence-corrected chi connectivity index (χ0v) is 19.0. The minimum atomic E-state index is -1.08. The molecule has 0 saturated carbocycles. The highest BCUT2D eigenvalue weighted by Gasteiger charge is 2.34. The van der Waals surface area contributed by atoms with Crippen LogP contribution in [0.15, 0.2) is 72.8 Å². The number of primary amides is 1. The summed E-state index contributed by atoms with van der Waals surface area (Å²) in [5.74, 6) is -1.88. The van der Waals surface area contributed by atoms with Crippen LogP contribution in [0.4, 0.5) is 5.69 Å². The molecule has 0 aromatic heterocycles. The molecule has 3 aromatic rings. The van der Waals surface area contributed by atoms with Crippen molar-refractivity contribution < 1.29 is 19.5 Å². The van der Waals surface area contributed by atoms with Gasteiger partial charge in [-0.3, -0.25) is 19.3 Å². The fourth-order valence-corrected chi connectivity index (χ4v) is 4.49. The molecule has 1 aliphatic carbocycles. The molecule has 3 aromatic carbocycles. The van der Waals surface area contributed by atoms with Crippen molar-refractivity contribution >= 4 is 23.5 Å². The van der Waals surface area contributed by atoms with Crippen molar-refractivity contribution in [3.8, 4) is 0 Å². The Balaban J connectivity index is 1.52. The van der Waals surface area contributed by atoms with Gasteiger partial charge in [0.05, 0.1) is 0 Å². The number of nitrogens with two attached hydrogens (primary N) is 1. The lowest BCUT2D eigenvalue weighted by Gasteiger charge is -2.28. The molecule has 0 spiro atoms. The molecule has 4 N–H and O–H groups in total. The molecule has 0 heterocycles. The number of para-hydroxylation sites is 1. The number of benzene rings is 3. The number of carboxylic acids is 1. The maximum atomic E-state index is 13.2. The third-order valence-electron chi connectivity index (χ3n) is 6.34. The highest BCUT2D eigenvalue weighted by molar-refractivity contribution is 6.08. The Hall–Kier alpha value is -3.97. The first-order valence-electron chi connectivity index (χ1n) is 11.1. The second-order valence-electron chi connectivity index (χ2n) is 8.74. The van der Waals surface area contributed by atoms with E-state index in [1.165, 1.54) is 4.90 Å². The number of rotatable bonds is 8. The van der Waals surface area contributed by atoms with Gasteiger partial charge in [-0.1, -0.05) is 36.4 Å². The van der Waals surface area contributed by atoms with Crippen molar-refractivity contribution in [2.24, 2.45) is 5.73 Å². The van der Waals surface area contributed by atoms with E-state index in [9.17, 15) is 19.5 Å². The Labute approximate surface area is 198 Å². The molecule has 34 heavy (non-hydrogen) atoms. The van der Waals surface area contributed by atoms with Crippen LogP contribution in [-0.4, -0.2) is 29.4 Å². The highest BCUT2D eigenvalue weighted by Crippen LogP contribution is 2.37. The fraction of sp³-hybridized carbons (Fsp3) is 0.222. The van der Waals surface area contributed by atoms with Crippen LogP contribution in [0.2, 0.25) is 0 Å². The molecule has 1 atom stereocenters. The second-order valence-corrected chi connectivity index (χ2v) is 8.74. The lowest BCUT2D eigenvalue weighted by Crippen LogP contribution is -2.37. The minimum Gasteiger partial charge on any atom is -0.480 e. The lowest BCUT2D eigenvalue weighted by molar-refractivity contribution is -0.135. The first-order chi connectivity index (χ1) is 16.3. The zero-order chi connectivity index (χ0) is 24.3. The highest BCUT2D eigenvalue weighted by atomic mass is 16.4. The number of nitrogens with zero attached hydrogens (tertiary/aromatic N) is 1. The van der Waals surface area contributed by atoms with Crippen molar-refractivity contribution in [1.29, 1.82) is 0 Å². The molecule has 1 aliphatic rings. The van der Waals surface area contributed by atoms with Crippen molar-refractivity contribution in [2.45, 2.75) is 31.8 Å². The number of fused-ring (bicyclic) bond motifs is 1. The summed E-state index contributed by atoms with van der Waals surface area (Å²) >= 11 is 0. The topological polar surface area (TPSA) is 113 Å². The number of anilines is 1. The number of carbonyl (C=O) groups is 3. The van der Waals surface area contributed by atoms with Crippen LogP contribution in [0.25, 0.3) is 0 Å². The van der Waals surface area contributed by atoms with Gasteiger partial charge in [-0.2, -0.15) is 0 Å². The summed E-state index contributed by atoms with van der Waals surface area (Å²) in [6.07, 6.45) is 1.73. The lowest BCUT2D eigenvalue weighted by atomic mass is 9.93. The first-order valence-corrected chi connectivity index (χ1v) is 11.1. The van der Waals surface area contributed by atoms with Gasteiger partial charge >= 0.3 is 5.97 Å². The summed E-state index contributed by atoms with van der Waals surface area (Å²) in [5, 5.41) is 12.9. The van der Waals surface area contributed by atoms with Crippen molar-refractivity contribution in [2.75, 3.05) is 11.4 Å². The van der Waals surface area contributed by atoms with Gasteiger partial charge in [-0.15, -0.1) is 0 Å². The minimum absolute atomic E-state index is 0.273. The molecule has 7 heteroatoms. The van der Waals surface area contributed by atoms with Gasteiger partial charge in [0, 0.05) is 28.9 Å². The number of carboxylic acid groups (broad SMARTS) is 1. The smallest absolute Gasteiger partial charge is 0.323 e. The van der Waals surface area contributed by atoms with Crippen LogP contribution in [0.1, 0.15) is 50.8 Å². The molecule has 0 bridgehead atoms. The molecule has 0 radical (unpaired) electrons. The summed E-state index contributed by atoms with van der Waals surface area (Å²) in [5.41, 5.74) is 9.78. The van der Waals surface area contributed by atoms with Gasteiger partial charge in [0.1, 0.15) is 6.54 Å². The van der Waals surface area contributed by atoms with Gasteiger partial charge in [0.2, 0.25) is 5.91 Å². The Kier molecular flexibility index (Phi) is 6.47. The Morgan fingerprint density at radius 1 is 1.00 bits per heavy atom.